The van der Waals surface area contributed by atoms with Gasteiger partial charge in [-0.3, -0.25) is 4.79 Å². The highest BCUT2D eigenvalue weighted by molar-refractivity contribution is 7.99. The second-order valence-electron chi connectivity index (χ2n) is 3.94. The maximum atomic E-state index is 11.7. The van der Waals surface area contributed by atoms with Crippen LogP contribution in [0.4, 0.5) is 0 Å². The molecule has 1 amide bonds. The SMILES string of the molecule is CSC1CCCC1NC(=O)C(C)C(N)=S. The standard InChI is InChI=1S/C10H18N2OS2/c1-6(9(11)14)10(13)12-7-4-3-5-8(7)15-2/h6-8H,3-5H2,1-2H3,(H2,11,14)(H,12,13). The Kier molecular flexibility index (Phi) is 4.86. The van der Waals surface area contributed by atoms with Gasteiger partial charge in [0.15, 0.2) is 0 Å². The zero-order valence-electron chi connectivity index (χ0n) is 9.16. The summed E-state index contributed by atoms with van der Waals surface area (Å²) in [7, 11) is 0. The third-order valence-corrected chi connectivity index (χ3v) is 4.43. The smallest absolute Gasteiger partial charge is 0.229 e. The van der Waals surface area contributed by atoms with Gasteiger partial charge in [-0.2, -0.15) is 11.8 Å². The highest BCUT2D eigenvalue weighted by Crippen LogP contribution is 2.28. The topological polar surface area (TPSA) is 55.1 Å². The van der Waals surface area contributed by atoms with Gasteiger partial charge in [0.25, 0.3) is 0 Å². The van der Waals surface area contributed by atoms with Crippen LogP contribution in [-0.4, -0.2) is 28.4 Å². The first kappa shape index (κ1) is 12.8. The highest BCUT2D eigenvalue weighted by atomic mass is 32.2. The van der Waals surface area contributed by atoms with E-state index in [4.69, 9.17) is 18.0 Å². The van der Waals surface area contributed by atoms with E-state index in [1.54, 1.807) is 6.92 Å². The van der Waals surface area contributed by atoms with Gasteiger partial charge >= 0.3 is 0 Å². The maximum Gasteiger partial charge on any atom is 0.229 e. The first-order valence-electron chi connectivity index (χ1n) is 5.18. The molecule has 0 spiro atoms. The number of carbonyl (C=O) groups is 1. The van der Waals surface area contributed by atoms with Crippen molar-refractivity contribution in [1.82, 2.24) is 5.32 Å². The second-order valence-corrected chi connectivity index (χ2v) is 5.49. The molecule has 0 saturated heterocycles. The summed E-state index contributed by atoms with van der Waals surface area (Å²) in [4.78, 5) is 12.0. The van der Waals surface area contributed by atoms with Crippen LogP contribution in [0.1, 0.15) is 26.2 Å². The van der Waals surface area contributed by atoms with Crippen molar-refractivity contribution in [2.45, 2.75) is 37.5 Å². The molecule has 15 heavy (non-hydrogen) atoms. The average Bonchev–Trinajstić information content (AvgIpc) is 2.63. The van der Waals surface area contributed by atoms with Gasteiger partial charge < -0.3 is 11.1 Å². The first-order valence-corrected chi connectivity index (χ1v) is 6.88. The van der Waals surface area contributed by atoms with Crippen LogP contribution in [0.15, 0.2) is 0 Å². The van der Waals surface area contributed by atoms with E-state index in [1.807, 2.05) is 11.8 Å². The van der Waals surface area contributed by atoms with Crippen molar-refractivity contribution < 1.29 is 4.79 Å². The van der Waals surface area contributed by atoms with Crippen LogP contribution < -0.4 is 11.1 Å². The molecule has 1 fully saturated rings. The van der Waals surface area contributed by atoms with Crippen molar-refractivity contribution in [2.75, 3.05) is 6.26 Å². The van der Waals surface area contributed by atoms with E-state index in [9.17, 15) is 4.79 Å². The minimum Gasteiger partial charge on any atom is -0.393 e. The van der Waals surface area contributed by atoms with E-state index in [0.29, 0.717) is 11.3 Å². The Labute approximate surface area is 101 Å². The monoisotopic (exact) mass is 246 g/mol. The molecule has 5 heteroatoms. The van der Waals surface area contributed by atoms with E-state index in [1.165, 1.54) is 12.8 Å². The summed E-state index contributed by atoms with van der Waals surface area (Å²) in [5.74, 6) is -0.392. The molecule has 0 radical (unpaired) electrons. The minimum absolute atomic E-state index is 0.0338. The number of hydrogen-bond acceptors (Lipinski definition) is 3. The van der Waals surface area contributed by atoms with Crippen LogP contribution in [0.3, 0.4) is 0 Å². The lowest BCUT2D eigenvalue weighted by Gasteiger charge is -2.21. The molecule has 3 atom stereocenters. The Balaban J connectivity index is 2.47. The van der Waals surface area contributed by atoms with Gasteiger partial charge in [0, 0.05) is 11.3 Å². The molecule has 0 aliphatic heterocycles. The lowest BCUT2D eigenvalue weighted by atomic mass is 10.1. The predicted octanol–water partition coefficient (Wildman–Crippen LogP) is 1.31. The van der Waals surface area contributed by atoms with Crippen molar-refractivity contribution in [1.29, 1.82) is 0 Å². The van der Waals surface area contributed by atoms with Crippen LogP contribution in [0.2, 0.25) is 0 Å². The molecule has 86 valence electrons. The largest absolute Gasteiger partial charge is 0.393 e. The molecule has 0 aromatic carbocycles. The number of thioether (sulfide) groups is 1. The molecular formula is C10H18N2OS2. The number of amides is 1. The molecule has 0 aromatic heterocycles. The first-order chi connectivity index (χ1) is 7.06. The number of thiocarbonyl (C=S) groups is 1. The average molecular weight is 246 g/mol. The minimum atomic E-state index is -0.358. The summed E-state index contributed by atoms with van der Waals surface area (Å²) in [6.45, 7) is 1.75. The Hall–Kier alpha value is -0.290. The summed E-state index contributed by atoms with van der Waals surface area (Å²) in [6, 6.07) is 0.296. The van der Waals surface area contributed by atoms with Crippen molar-refractivity contribution in [2.24, 2.45) is 11.7 Å². The third kappa shape index (κ3) is 3.34. The Morgan fingerprint density at radius 1 is 1.60 bits per heavy atom. The highest BCUT2D eigenvalue weighted by Gasteiger charge is 2.29. The summed E-state index contributed by atoms with van der Waals surface area (Å²) < 4.78 is 0. The van der Waals surface area contributed by atoms with Gasteiger partial charge in [0.1, 0.15) is 0 Å². The number of nitrogens with one attached hydrogen (secondary N) is 1. The zero-order valence-corrected chi connectivity index (χ0v) is 10.8. The Morgan fingerprint density at radius 3 is 2.80 bits per heavy atom. The molecule has 3 unspecified atom stereocenters. The summed E-state index contributed by atoms with van der Waals surface area (Å²) in [6.07, 6.45) is 5.54. The summed E-state index contributed by atoms with van der Waals surface area (Å²) >= 11 is 6.63. The molecule has 3 N–H and O–H groups in total. The lowest BCUT2D eigenvalue weighted by molar-refractivity contribution is -0.123. The van der Waals surface area contributed by atoms with E-state index in [2.05, 4.69) is 11.6 Å². The molecule has 0 aromatic rings. The van der Waals surface area contributed by atoms with Crippen LogP contribution in [0.5, 0.6) is 0 Å². The summed E-state index contributed by atoms with van der Waals surface area (Å²) in [5.41, 5.74) is 5.44. The van der Waals surface area contributed by atoms with Crippen LogP contribution in [-0.2, 0) is 4.79 Å². The molecule has 1 aliphatic carbocycles. The molecule has 1 aliphatic rings. The van der Waals surface area contributed by atoms with E-state index in [0.717, 1.165) is 6.42 Å². The zero-order chi connectivity index (χ0) is 11.4. The van der Waals surface area contributed by atoms with Gasteiger partial charge in [-0.1, -0.05) is 18.6 Å². The van der Waals surface area contributed by atoms with Crippen molar-refractivity contribution in [3.05, 3.63) is 0 Å². The molecule has 0 heterocycles. The number of rotatable bonds is 4. The molecule has 3 nitrogen and oxygen atoms in total. The molecule has 1 saturated carbocycles. The van der Waals surface area contributed by atoms with Crippen LogP contribution in [0, 0.1) is 5.92 Å². The fourth-order valence-corrected chi connectivity index (χ4v) is 2.85. The molecule has 1 rings (SSSR count). The quantitative estimate of drug-likeness (QED) is 0.734. The predicted molar refractivity (Wildman–Crippen MR) is 69.0 cm³/mol. The molecular weight excluding hydrogens is 228 g/mol. The molecule has 0 bridgehead atoms. The van der Waals surface area contributed by atoms with Crippen molar-refractivity contribution in [3.63, 3.8) is 0 Å². The number of nitrogens with two attached hydrogens (primary N) is 1. The third-order valence-electron chi connectivity index (χ3n) is 2.90. The Morgan fingerprint density at radius 2 is 2.27 bits per heavy atom. The van der Waals surface area contributed by atoms with Crippen molar-refractivity contribution >= 4 is 34.9 Å². The van der Waals surface area contributed by atoms with Gasteiger partial charge in [-0.15, -0.1) is 0 Å². The van der Waals surface area contributed by atoms with E-state index >= 15 is 0 Å². The van der Waals surface area contributed by atoms with E-state index in [-0.39, 0.29) is 16.8 Å². The van der Waals surface area contributed by atoms with Crippen LogP contribution >= 0.6 is 24.0 Å². The fraction of sp³-hybridized carbons (Fsp3) is 0.800. The maximum absolute atomic E-state index is 11.7. The normalized spacial score (nSPS) is 27.3. The Bertz CT molecular complexity index is 258. The number of carbonyl (C=O) groups excluding carboxylic acids is 1. The van der Waals surface area contributed by atoms with Crippen LogP contribution in [0.25, 0.3) is 0 Å². The second kappa shape index (κ2) is 5.70. The number of hydrogen-bond donors (Lipinski definition) is 2. The fourth-order valence-electron chi connectivity index (χ4n) is 1.81. The van der Waals surface area contributed by atoms with Gasteiger partial charge in [0.2, 0.25) is 5.91 Å². The van der Waals surface area contributed by atoms with Gasteiger partial charge in [-0.05, 0) is 26.0 Å². The van der Waals surface area contributed by atoms with Gasteiger partial charge in [0.05, 0.1) is 10.9 Å². The summed E-state index contributed by atoms with van der Waals surface area (Å²) in [5, 5.41) is 3.58. The van der Waals surface area contributed by atoms with E-state index < -0.39 is 0 Å². The lowest BCUT2D eigenvalue weighted by Crippen LogP contribution is -2.44. The van der Waals surface area contributed by atoms with Gasteiger partial charge in [-0.25, -0.2) is 0 Å². The van der Waals surface area contributed by atoms with Crippen molar-refractivity contribution in [3.8, 4) is 0 Å².